The summed E-state index contributed by atoms with van der Waals surface area (Å²) in [5.41, 5.74) is 3.23. The second-order valence-electron chi connectivity index (χ2n) is 7.86. The number of aryl methyl sites for hydroxylation is 2. The van der Waals surface area contributed by atoms with Crippen molar-refractivity contribution in [1.29, 1.82) is 0 Å². The van der Waals surface area contributed by atoms with Crippen molar-refractivity contribution >= 4 is 28.6 Å². The van der Waals surface area contributed by atoms with E-state index in [1.54, 1.807) is 12.4 Å². The molecule has 33 heavy (non-hydrogen) atoms. The molecule has 9 nitrogen and oxygen atoms in total. The van der Waals surface area contributed by atoms with Crippen molar-refractivity contribution in [2.45, 2.75) is 12.8 Å². The Morgan fingerprint density at radius 3 is 2.82 bits per heavy atom. The van der Waals surface area contributed by atoms with Crippen LogP contribution in [0.1, 0.15) is 11.4 Å². The van der Waals surface area contributed by atoms with Crippen LogP contribution in [0.4, 0.5) is 5.95 Å². The molecule has 1 fully saturated rings. The van der Waals surface area contributed by atoms with Gasteiger partial charge in [0.05, 0.1) is 30.0 Å². The Kier molecular flexibility index (Phi) is 6.71. The largest absolute Gasteiger partial charge is 0.379 e. The molecule has 0 spiro atoms. The van der Waals surface area contributed by atoms with Gasteiger partial charge in [-0.3, -0.25) is 10.00 Å². The lowest BCUT2D eigenvalue weighted by Crippen LogP contribution is -2.39. The molecule has 0 saturated carbocycles. The van der Waals surface area contributed by atoms with Crippen molar-refractivity contribution < 1.29 is 4.74 Å². The number of anilines is 1. The molecule has 1 aromatic carbocycles. The molecule has 0 radical (unpaired) electrons. The van der Waals surface area contributed by atoms with Gasteiger partial charge in [0.15, 0.2) is 5.65 Å². The number of ether oxygens (including phenoxy) is 1. The molecule has 1 aliphatic heterocycles. The molecule has 2 N–H and O–H groups in total. The van der Waals surface area contributed by atoms with Crippen LogP contribution in [0.3, 0.4) is 0 Å². The average Bonchev–Trinajstić information content (AvgIpc) is 3.28. The monoisotopic (exact) mass is 464 g/mol. The third-order valence-corrected chi connectivity index (χ3v) is 6.03. The fraction of sp³-hybridized carbons (Fsp3) is 0.348. The molecule has 4 aromatic rings. The van der Waals surface area contributed by atoms with Crippen molar-refractivity contribution in [1.82, 2.24) is 35.0 Å². The smallest absolute Gasteiger partial charge is 0.224 e. The third kappa shape index (κ3) is 5.27. The summed E-state index contributed by atoms with van der Waals surface area (Å²) in [6.45, 7) is 5.21. The molecule has 0 atom stereocenters. The number of fused-ring (bicyclic) bond motifs is 1. The number of rotatable bonds is 8. The van der Waals surface area contributed by atoms with Gasteiger partial charge in [0.2, 0.25) is 5.95 Å². The van der Waals surface area contributed by atoms with E-state index in [1.165, 1.54) is 0 Å². The van der Waals surface area contributed by atoms with Gasteiger partial charge >= 0.3 is 0 Å². The van der Waals surface area contributed by atoms with Gasteiger partial charge in [0, 0.05) is 50.0 Å². The Morgan fingerprint density at radius 2 is 1.94 bits per heavy atom. The van der Waals surface area contributed by atoms with Gasteiger partial charge in [-0.25, -0.2) is 15.0 Å². The first-order valence-electron chi connectivity index (χ1n) is 11.1. The minimum atomic E-state index is 0.567. The number of halogens is 1. The Balaban J connectivity index is 1.26. The van der Waals surface area contributed by atoms with E-state index in [0.717, 1.165) is 79.0 Å². The minimum absolute atomic E-state index is 0.567. The Morgan fingerprint density at radius 1 is 1.06 bits per heavy atom. The Bertz CT molecular complexity index is 1220. The van der Waals surface area contributed by atoms with Crippen LogP contribution >= 0.6 is 11.6 Å². The van der Waals surface area contributed by atoms with E-state index in [4.69, 9.17) is 21.3 Å². The van der Waals surface area contributed by atoms with Gasteiger partial charge in [0.25, 0.3) is 0 Å². The topological polar surface area (TPSA) is 105 Å². The second-order valence-corrected chi connectivity index (χ2v) is 8.27. The summed E-state index contributed by atoms with van der Waals surface area (Å²) in [6, 6.07) is 9.70. The van der Waals surface area contributed by atoms with Crippen LogP contribution in [0.5, 0.6) is 0 Å². The van der Waals surface area contributed by atoms with E-state index in [-0.39, 0.29) is 0 Å². The highest BCUT2D eigenvalue weighted by Gasteiger charge is 2.14. The van der Waals surface area contributed by atoms with Crippen molar-refractivity contribution in [2.24, 2.45) is 0 Å². The average molecular weight is 465 g/mol. The van der Waals surface area contributed by atoms with E-state index < -0.39 is 0 Å². The molecule has 0 unspecified atom stereocenters. The van der Waals surface area contributed by atoms with Gasteiger partial charge in [-0.15, -0.1) is 0 Å². The molecular formula is C23H25ClN8O. The molecule has 10 heteroatoms. The standard InChI is InChI=1S/C23H25ClN8O/c24-18-4-2-1-3-16(18)5-6-20-25-8-7-19(28-20)21-17-15-27-23(29-22(17)31-30-21)26-9-10-32-11-13-33-14-12-32/h1-4,7-8,15H,5-6,9-14H2,(H2,26,27,29,30,31). The molecule has 0 bridgehead atoms. The SMILES string of the molecule is Clc1ccccc1CCc1nccc(-c2[nH]nc3nc(NCCN4CCOCC4)ncc23)n1. The van der Waals surface area contributed by atoms with E-state index in [9.17, 15) is 0 Å². The van der Waals surface area contributed by atoms with Crippen LogP contribution in [0, 0.1) is 0 Å². The number of hydrogen-bond donors (Lipinski definition) is 2. The molecule has 0 amide bonds. The molecular weight excluding hydrogens is 440 g/mol. The number of benzene rings is 1. The fourth-order valence-corrected chi connectivity index (χ4v) is 4.07. The summed E-state index contributed by atoms with van der Waals surface area (Å²) in [5.74, 6) is 1.31. The first-order chi connectivity index (χ1) is 16.3. The zero-order valence-electron chi connectivity index (χ0n) is 18.2. The predicted octanol–water partition coefficient (Wildman–Crippen LogP) is 2.99. The number of morpholine rings is 1. The van der Waals surface area contributed by atoms with Crippen LogP contribution < -0.4 is 5.32 Å². The maximum Gasteiger partial charge on any atom is 0.224 e. The van der Waals surface area contributed by atoms with E-state index in [2.05, 4.69) is 35.4 Å². The van der Waals surface area contributed by atoms with E-state index >= 15 is 0 Å². The zero-order valence-corrected chi connectivity index (χ0v) is 18.9. The minimum Gasteiger partial charge on any atom is -0.379 e. The van der Waals surface area contributed by atoms with Gasteiger partial charge in [-0.2, -0.15) is 10.1 Å². The van der Waals surface area contributed by atoms with Gasteiger partial charge in [-0.1, -0.05) is 29.8 Å². The first kappa shape index (κ1) is 21.7. The summed E-state index contributed by atoms with van der Waals surface area (Å²) in [7, 11) is 0. The van der Waals surface area contributed by atoms with Crippen LogP contribution in [-0.4, -0.2) is 74.4 Å². The molecule has 1 aliphatic rings. The zero-order chi connectivity index (χ0) is 22.5. The number of hydrogen-bond acceptors (Lipinski definition) is 8. The van der Waals surface area contributed by atoms with Crippen LogP contribution in [0.15, 0.2) is 42.7 Å². The summed E-state index contributed by atoms with van der Waals surface area (Å²) in [5, 5.41) is 12.3. The normalized spacial score (nSPS) is 14.6. The Hall–Kier alpha value is -3.14. The second kappa shape index (κ2) is 10.2. The summed E-state index contributed by atoms with van der Waals surface area (Å²) < 4.78 is 5.38. The lowest BCUT2D eigenvalue weighted by Gasteiger charge is -2.26. The van der Waals surface area contributed by atoms with Crippen molar-refractivity contribution in [3.63, 3.8) is 0 Å². The van der Waals surface area contributed by atoms with Crippen LogP contribution in [0.25, 0.3) is 22.4 Å². The van der Waals surface area contributed by atoms with Crippen LogP contribution in [0.2, 0.25) is 5.02 Å². The fourth-order valence-electron chi connectivity index (χ4n) is 3.84. The first-order valence-corrected chi connectivity index (χ1v) is 11.4. The summed E-state index contributed by atoms with van der Waals surface area (Å²) in [6.07, 6.45) is 5.01. The summed E-state index contributed by atoms with van der Waals surface area (Å²) in [4.78, 5) is 20.5. The van der Waals surface area contributed by atoms with Gasteiger partial charge < -0.3 is 10.1 Å². The molecule has 3 aromatic heterocycles. The van der Waals surface area contributed by atoms with Crippen molar-refractivity contribution in [2.75, 3.05) is 44.7 Å². The van der Waals surface area contributed by atoms with Gasteiger partial charge in [0.1, 0.15) is 5.82 Å². The van der Waals surface area contributed by atoms with E-state index in [1.807, 2.05) is 30.3 Å². The molecule has 4 heterocycles. The number of aromatic nitrogens is 6. The van der Waals surface area contributed by atoms with Gasteiger partial charge in [-0.05, 0) is 24.1 Å². The van der Waals surface area contributed by atoms with E-state index in [0.29, 0.717) is 18.0 Å². The molecule has 170 valence electrons. The highest BCUT2D eigenvalue weighted by atomic mass is 35.5. The predicted molar refractivity (Wildman–Crippen MR) is 127 cm³/mol. The lowest BCUT2D eigenvalue weighted by atomic mass is 10.1. The van der Waals surface area contributed by atoms with Crippen LogP contribution in [-0.2, 0) is 17.6 Å². The highest BCUT2D eigenvalue weighted by Crippen LogP contribution is 2.24. The quantitative estimate of drug-likeness (QED) is 0.410. The van der Waals surface area contributed by atoms with Crippen molar-refractivity contribution in [3.05, 3.63) is 59.1 Å². The van der Waals surface area contributed by atoms with Crippen molar-refractivity contribution in [3.8, 4) is 11.4 Å². The lowest BCUT2D eigenvalue weighted by molar-refractivity contribution is 0.0398. The molecule has 1 saturated heterocycles. The molecule has 0 aliphatic carbocycles. The maximum atomic E-state index is 6.27. The number of nitrogens with zero attached hydrogens (tertiary/aromatic N) is 6. The number of nitrogens with one attached hydrogen (secondary N) is 2. The number of aromatic amines is 1. The maximum absolute atomic E-state index is 6.27. The highest BCUT2D eigenvalue weighted by molar-refractivity contribution is 6.31. The Labute approximate surface area is 196 Å². The third-order valence-electron chi connectivity index (χ3n) is 5.66. The molecule has 5 rings (SSSR count). The summed E-state index contributed by atoms with van der Waals surface area (Å²) >= 11 is 6.27. The number of H-pyrrole nitrogens is 1.